The zero-order valence-corrected chi connectivity index (χ0v) is 19.9. The van der Waals surface area contributed by atoms with Gasteiger partial charge in [0.15, 0.2) is 5.96 Å². The fourth-order valence-electron chi connectivity index (χ4n) is 3.02. The van der Waals surface area contributed by atoms with Crippen LogP contribution >= 0.6 is 35.6 Å². The number of nitrogens with zero attached hydrogens (tertiary/aromatic N) is 4. The van der Waals surface area contributed by atoms with Gasteiger partial charge in [0.2, 0.25) is 0 Å². The number of halogens is 2. The minimum absolute atomic E-state index is 0. The first-order valence-electron chi connectivity index (χ1n) is 9.24. The van der Waals surface area contributed by atoms with Crippen LogP contribution in [0.3, 0.4) is 0 Å². The molecule has 1 aromatic carbocycles. The van der Waals surface area contributed by atoms with Crippen LogP contribution in [0.5, 0.6) is 0 Å². The van der Waals surface area contributed by atoms with Gasteiger partial charge in [-0.3, -0.25) is 4.99 Å². The van der Waals surface area contributed by atoms with E-state index in [1.54, 1.807) is 19.3 Å². The molecule has 2 heterocycles. The standard InChI is InChI=1S/C21H25ClN6.HI/c1-15-19(16(2)28(27-15)18-7-5-4-6-8-18)14-26-21(23-3)24-12-11-17-9-10-20(22)25-13-17;/h4-10,13H,11-12,14H2,1-3H3,(H2,23,24,26);1H. The van der Waals surface area contributed by atoms with Crippen LogP contribution in [0.15, 0.2) is 53.7 Å². The molecule has 0 aliphatic rings. The number of guanidine groups is 1. The average molecular weight is 525 g/mol. The Bertz CT molecular complexity index is 938. The molecule has 2 aromatic heterocycles. The quantitative estimate of drug-likeness (QED) is 0.221. The molecule has 3 rings (SSSR count). The molecule has 0 aliphatic carbocycles. The van der Waals surface area contributed by atoms with Gasteiger partial charge in [-0.25, -0.2) is 9.67 Å². The summed E-state index contributed by atoms with van der Waals surface area (Å²) >= 11 is 5.82. The normalized spacial score (nSPS) is 11.1. The Morgan fingerprint density at radius 3 is 2.52 bits per heavy atom. The topological polar surface area (TPSA) is 67.1 Å². The Kier molecular flexibility index (Phi) is 8.91. The van der Waals surface area contributed by atoms with Crippen LogP contribution in [0.1, 0.15) is 22.5 Å². The molecular formula is C21H26ClIN6. The summed E-state index contributed by atoms with van der Waals surface area (Å²) in [6.45, 7) is 5.54. The van der Waals surface area contributed by atoms with Crippen molar-refractivity contribution in [1.82, 2.24) is 25.4 Å². The van der Waals surface area contributed by atoms with Crippen LogP contribution < -0.4 is 10.6 Å². The molecule has 0 saturated heterocycles. The van der Waals surface area contributed by atoms with Crippen LogP contribution in [0.25, 0.3) is 5.69 Å². The molecule has 0 amide bonds. The highest BCUT2D eigenvalue weighted by atomic mass is 127. The Morgan fingerprint density at radius 1 is 1.10 bits per heavy atom. The van der Waals surface area contributed by atoms with E-state index >= 15 is 0 Å². The molecule has 154 valence electrons. The first-order valence-corrected chi connectivity index (χ1v) is 9.61. The number of rotatable bonds is 6. The SMILES string of the molecule is CN=C(NCCc1ccc(Cl)nc1)NCc1c(C)nn(-c2ccccc2)c1C.I. The molecule has 6 nitrogen and oxygen atoms in total. The number of pyridine rings is 1. The van der Waals surface area contributed by atoms with E-state index in [0.717, 1.165) is 41.6 Å². The summed E-state index contributed by atoms with van der Waals surface area (Å²) in [5.74, 6) is 0.758. The Morgan fingerprint density at radius 2 is 1.86 bits per heavy atom. The van der Waals surface area contributed by atoms with Gasteiger partial charge in [0.05, 0.1) is 11.4 Å². The number of aryl methyl sites for hydroxylation is 1. The number of nitrogens with one attached hydrogen (secondary N) is 2. The summed E-state index contributed by atoms with van der Waals surface area (Å²) in [7, 11) is 1.77. The van der Waals surface area contributed by atoms with Crippen molar-refractivity contribution >= 4 is 41.5 Å². The maximum Gasteiger partial charge on any atom is 0.191 e. The van der Waals surface area contributed by atoms with E-state index in [1.165, 1.54) is 5.56 Å². The number of aliphatic imine (C=N–C) groups is 1. The van der Waals surface area contributed by atoms with Gasteiger partial charge in [-0.2, -0.15) is 5.10 Å². The molecule has 0 bridgehead atoms. The molecule has 8 heteroatoms. The molecule has 29 heavy (non-hydrogen) atoms. The van der Waals surface area contributed by atoms with Crippen molar-refractivity contribution < 1.29 is 0 Å². The van der Waals surface area contributed by atoms with Crippen LogP contribution in [-0.4, -0.2) is 34.3 Å². The van der Waals surface area contributed by atoms with Crippen LogP contribution in [0.4, 0.5) is 0 Å². The van der Waals surface area contributed by atoms with Gasteiger partial charge < -0.3 is 10.6 Å². The molecule has 0 atom stereocenters. The summed E-state index contributed by atoms with van der Waals surface area (Å²) in [5.41, 5.74) is 5.50. The van der Waals surface area contributed by atoms with Gasteiger partial charge >= 0.3 is 0 Å². The Balaban J connectivity index is 0.00000300. The molecule has 0 saturated carbocycles. The fourth-order valence-corrected chi connectivity index (χ4v) is 3.14. The van der Waals surface area contributed by atoms with E-state index < -0.39 is 0 Å². The number of hydrogen-bond donors (Lipinski definition) is 2. The molecule has 0 unspecified atom stereocenters. The Hall–Kier alpha value is -2.13. The van der Waals surface area contributed by atoms with Crippen molar-refractivity contribution in [2.24, 2.45) is 4.99 Å². The summed E-state index contributed by atoms with van der Waals surface area (Å²) in [5, 5.41) is 11.9. The lowest BCUT2D eigenvalue weighted by molar-refractivity contribution is 0.787. The largest absolute Gasteiger partial charge is 0.356 e. The van der Waals surface area contributed by atoms with Crippen molar-refractivity contribution in [1.29, 1.82) is 0 Å². The van der Waals surface area contributed by atoms with E-state index in [9.17, 15) is 0 Å². The van der Waals surface area contributed by atoms with E-state index in [2.05, 4.69) is 39.7 Å². The molecule has 2 N–H and O–H groups in total. The van der Waals surface area contributed by atoms with E-state index in [0.29, 0.717) is 11.7 Å². The number of benzene rings is 1. The van der Waals surface area contributed by atoms with Crippen molar-refractivity contribution in [3.8, 4) is 5.69 Å². The van der Waals surface area contributed by atoms with E-state index in [4.69, 9.17) is 16.7 Å². The third-order valence-electron chi connectivity index (χ3n) is 4.59. The second kappa shape index (κ2) is 11.2. The van der Waals surface area contributed by atoms with Gasteiger partial charge in [0.1, 0.15) is 5.15 Å². The number of aromatic nitrogens is 3. The lowest BCUT2D eigenvalue weighted by Crippen LogP contribution is -2.38. The van der Waals surface area contributed by atoms with Crippen LogP contribution in [-0.2, 0) is 13.0 Å². The third kappa shape index (κ3) is 6.17. The lowest BCUT2D eigenvalue weighted by Gasteiger charge is -2.12. The zero-order valence-electron chi connectivity index (χ0n) is 16.8. The predicted molar refractivity (Wildman–Crippen MR) is 130 cm³/mol. The maximum atomic E-state index is 5.82. The first-order chi connectivity index (χ1) is 13.6. The maximum absolute atomic E-state index is 5.82. The minimum atomic E-state index is 0. The highest BCUT2D eigenvalue weighted by molar-refractivity contribution is 14.0. The minimum Gasteiger partial charge on any atom is -0.356 e. The van der Waals surface area contributed by atoms with E-state index in [-0.39, 0.29) is 24.0 Å². The van der Waals surface area contributed by atoms with Crippen molar-refractivity contribution in [3.05, 3.63) is 76.3 Å². The second-order valence-electron chi connectivity index (χ2n) is 6.49. The Labute approximate surface area is 193 Å². The summed E-state index contributed by atoms with van der Waals surface area (Å²) < 4.78 is 1.98. The number of para-hydroxylation sites is 1. The zero-order chi connectivity index (χ0) is 19.9. The number of hydrogen-bond acceptors (Lipinski definition) is 3. The third-order valence-corrected chi connectivity index (χ3v) is 4.82. The average Bonchev–Trinajstić information content (AvgIpc) is 3.00. The van der Waals surface area contributed by atoms with Crippen LogP contribution in [0.2, 0.25) is 5.15 Å². The molecular weight excluding hydrogens is 499 g/mol. The van der Waals surface area contributed by atoms with Gasteiger partial charge in [-0.05, 0) is 44.0 Å². The van der Waals surface area contributed by atoms with Gasteiger partial charge in [-0.15, -0.1) is 24.0 Å². The van der Waals surface area contributed by atoms with Gasteiger partial charge in [0, 0.05) is 37.6 Å². The molecule has 0 fully saturated rings. The van der Waals surface area contributed by atoms with Crippen molar-refractivity contribution in [2.75, 3.05) is 13.6 Å². The highest BCUT2D eigenvalue weighted by Gasteiger charge is 2.13. The summed E-state index contributed by atoms with van der Waals surface area (Å²) in [4.78, 5) is 8.41. The fraction of sp³-hybridized carbons (Fsp3) is 0.286. The van der Waals surface area contributed by atoms with Crippen molar-refractivity contribution in [3.63, 3.8) is 0 Å². The summed E-state index contributed by atoms with van der Waals surface area (Å²) in [6.07, 6.45) is 2.64. The summed E-state index contributed by atoms with van der Waals surface area (Å²) in [6, 6.07) is 14.0. The van der Waals surface area contributed by atoms with Crippen molar-refractivity contribution in [2.45, 2.75) is 26.8 Å². The second-order valence-corrected chi connectivity index (χ2v) is 6.88. The predicted octanol–water partition coefficient (Wildman–Crippen LogP) is 4.06. The first kappa shape index (κ1) is 23.2. The smallest absolute Gasteiger partial charge is 0.191 e. The monoisotopic (exact) mass is 524 g/mol. The van der Waals surface area contributed by atoms with E-state index in [1.807, 2.05) is 35.9 Å². The molecule has 0 aliphatic heterocycles. The highest BCUT2D eigenvalue weighted by Crippen LogP contribution is 2.17. The lowest BCUT2D eigenvalue weighted by atomic mass is 10.2. The van der Waals surface area contributed by atoms with Gasteiger partial charge in [0.25, 0.3) is 0 Å². The molecule has 0 spiro atoms. The molecule has 0 radical (unpaired) electrons. The van der Waals surface area contributed by atoms with Crippen LogP contribution in [0, 0.1) is 13.8 Å². The van der Waals surface area contributed by atoms with Gasteiger partial charge in [-0.1, -0.05) is 35.9 Å². The molecule has 3 aromatic rings.